The van der Waals surface area contributed by atoms with Gasteiger partial charge < -0.3 is 5.73 Å². The highest BCUT2D eigenvalue weighted by Gasteiger charge is 2.14. The standard InChI is InChI=1S/C11H15N7OS/c1-7(2)18-9(12)16-17-11(18)20-6-8(19)15-10-13-4-3-5-14-10/h3-5,7H,6H2,1-2H3,(H2,12,16)(H,13,14,15,19). The Morgan fingerprint density at radius 1 is 1.40 bits per heavy atom. The lowest BCUT2D eigenvalue weighted by Gasteiger charge is -2.10. The van der Waals surface area contributed by atoms with Crippen molar-refractivity contribution in [2.45, 2.75) is 25.0 Å². The normalized spacial score (nSPS) is 10.8. The SMILES string of the molecule is CC(C)n1c(N)nnc1SCC(=O)Nc1ncccn1. The Morgan fingerprint density at radius 3 is 2.75 bits per heavy atom. The second-order valence-electron chi connectivity index (χ2n) is 4.21. The van der Waals surface area contributed by atoms with Crippen LogP contribution in [0, 0.1) is 0 Å². The fraction of sp³-hybridized carbons (Fsp3) is 0.364. The first-order valence-electron chi connectivity index (χ1n) is 5.98. The molecule has 0 aliphatic rings. The number of carbonyl (C=O) groups excluding carboxylic acids is 1. The van der Waals surface area contributed by atoms with Crippen LogP contribution in [-0.4, -0.2) is 36.4 Å². The summed E-state index contributed by atoms with van der Waals surface area (Å²) < 4.78 is 1.77. The molecule has 0 aliphatic heterocycles. The number of nitrogens with zero attached hydrogens (tertiary/aromatic N) is 5. The van der Waals surface area contributed by atoms with Crippen LogP contribution < -0.4 is 11.1 Å². The van der Waals surface area contributed by atoms with Gasteiger partial charge in [0.25, 0.3) is 0 Å². The predicted molar refractivity (Wildman–Crippen MR) is 76.2 cm³/mol. The summed E-state index contributed by atoms with van der Waals surface area (Å²) in [4.78, 5) is 19.6. The third kappa shape index (κ3) is 3.44. The molecule has 106 valence electrons. The molecule has 0 unspecified atom stereocenters. The van der Waals surface area contributed by atoms with E-state index in [1.807, 2.05) is 13.8 Å². The van der Waals surface area contributed by atoms with Gasteiger partial charge in [0.1, 0.15) is 0 Å². The van der Waals surface area contributed by atoms with Gasteiger partial charge in [0.05, 0.1) is 5.75 Å². The first-order valence-corrected chi connectivity index (χ1v) is 6.96. The molecule has 0 spiro atoms. The molecule has 0 saturated heterocycles. The van der Waals surface area contributed by atoms with E-state index in [0.717, 1.165) is 0 Å². The molecule has 0 radical (unpaired) electrons. The first-order chi connectivity index (χ1) is 9.58. The molecule has 0 saturated carbocycles. The van der Waals surface area contributed by atoms with E-state index in [-0.39, 0.29) is 23.7 Å². The van der Waals surface area contributed by atoms with E-state index < -0.39 is 0 Å². The van der Waals surface area contributed by atoms with Gasteiger partial charge in [0.2, 0.25) is 17.8 Å². The van der Waals surface area contributed by atoms with Crippen LogP contribution in [0.2, 0.25) is 0 Å². The van der Waals surface area contributed by atoms with Gasteiger partial charge in [0, 0.05) is 18.4 Å². The molecule has 20 heavy (non-hydrogen) atoms. The zero-order valence-corrected chi connectivity index (χ0v) is 12.0. The first kappa shape index (κ1) is 14.3. The average Bonchev–Trinajstić information content (AvgIpc) is 2.79. The fourth-order valence-electron chi connectivity index (χ4n) is 1.53. The number of carbonyl (C=O) groups is 1. The van der Waals surface area contributed by atoms with E-state index in [1.54, 1.807) is 23.0 Å². The molecule has 1 amide bonds. The summed E-state index contributed by atoms with van der Waals surface area (Å²) in [5, 5.41) is 11.0. The number of nitrogens with one attached hydrogen (secondary N) is 1. The summed E-state index contributed by atoms with van der Waals surface area (Å²) in [5.74, 6) is 0.596. The van der Waals surface area contributed by atoms with Gasteiger partial charge in [-0.2, -0.15) is 0 Å². The number of thioether (sulfide) groups is 1. The van der Waals surface area contributed by atoms with Crippen molar-refractivity contribution in [2.75, 3.05) is 16.8 Å². The lowest BCUT2D eigenvalue weighted by Crippen LogP contribution is -2.16. The maximum Gasteiger partial charge on any atom is 0.237 e. The summed E-state index contributed by atoms with van der Waals surface area (Å²) in [5.41, 5.74) is 5.73. The van der Waals surface area contributed by atoms with Crippen LogP contribution >= 0.6 is 11.8 Å². The zero-order chi connectivity index (χ0) is 14.5. The monoisotopic (exact) mass is 293 g/mol. The van der Waals surface area contributed by atoms with Crippen molar-refractivity contribution < 1.29 is 4.79 Å². The molecular weight excluding hydrogens is 278 g/mol. The van der Waals surface area contributed by atoms with Crippen LogP contribution in [0.15, 0.2) is 23.6 Å². The smallest absolute Gasteiger partial charge is 0.237 e. The summed E-state index contributed by atoms with van der Waals surface area (Å²) in [7, 11) is 0. The van der Waals surface area contributed by atoms with Crippen molar-refractivity contribution in [1.82, 2.24) is 24.7 Å². The summed E-state index contributed by atoms with van der Waals surface area (Å²) in [6.45, 7) is 3.95. The second kappa shape index (κ2) is 6.33. The summed E-state index contributed by atoms with van der Waals surface area (Å²) in [6.07, 6.45) is 3.12. The van der Waals surface area contributed by atoms with Crippen LogP contribution in [0.25, 0.3) is 0 Å². The van der Waals surface area contributed by atoms with E-state index in [2.05, 4.69) is 25.5 Å². The van der Waals surface area contributed by atoms with E-state index in [1.165, 1.54) is 11.8 Å². The number of hydrogen-bond donors (Lipinski definition) is 2. The van der Waals surface area contributed by atoms with Gasteiger partial charge >= 0.3 is 0 Å². The van der Waals surface area contributed by atoms with Crippen LogP contribution in [0.1, 0.15) is 19.9 Å². The van der Waals surface area contributed by atoms with Crippen molar-refractivity contribution >= 4 is 29.6 Å². The van der Waals surface area contributed by atoms with Gasteiger partial charge in [-0.3, -0.25) is 14.7 Å². The molecule has 2 aromatic rings. The lowest BCUT2D eigenvalue weighted by molar-refractivity contribution is -0.113. The molecule has 0 aliphatic carbocycles. The minimum Gasteiger partial charge on any atom is -0.368 e. The van der Waals surface area contributed by atoms with Crippen LogP contribution in [0.5, 0.6) is 0 Å². The minimum absolute atomic E-state index is 0.132. The molecule has 9 heteroatoms. The molecule has 8 nitrogen and oxygen atoms in total. The van der Waals surface area contributed by atoms with Crippen molar-refractivity contribution in [3.8, 4) is 0 Å². The van der Waals surface area contributed by atoms with Crippen molar-refractivity contribution in [1.29, 1.82) is 0 Å². The molecule has 2 aromatic heterocycles. The quantitative estimate of drug-likeness (QED) is 0.790. The predicted octanol–water partition coefficient (Wildman–Crippen LogP) is 0.962. The highest BCUT2D eigenvalue weighted by molar-refractivity contribution is 7.99. The Balaban J connectivity index is 1.94. The molecular formula is C11H15N7OS. The van der Waals surface area contributed by atoms with E-state index in [0.29, 0.717) is 11.1 Å². The van der Waals surface area contributed by atoms with E-state index >= 15 is 0 Å². The number of nitrogens with two attached hydrogens (primary N) is 1. The van der Waals surface area contributed by atoms with Gasteiger partial charge in [-0.25, -0.2) is 9.97 Å². The highest BCUT2D eigenvalue weighted by Crippen LogP contribution is 2.22. The van der Waals surface area contributed by atoms with E-state index in [4.69, 9.17) is 5.73 Å². The molecule has 0 aromatic carbocycles. The molecule has 2 rings (SSSR count). The zero-order valence-electron chi connectivity index (χ0n) is 11.1. The Kier molecular flexibility index (Phi) is 4.51. The third-order valence-electron chi connectivity index (χ3n) is 2.36. The maximum absolute atomic E-state index is 11.8. The van der Waals surface area contributed by atoms with Crippen molar-refractivity contribution in [3.05, 3.63) is 18.5 Å². The summed E-state index contributed by atoms with van der Waals surface area (Å²) in [6, 6.07) is 1.81. The Bertz CT molecular complexity index is 584. The topological polar surface area (TPSA) is 112 Å². The largest absolute Gasteiger partial charge is 0.368 e. The molecule has 0 bridgehead atoms. The Labute approximate surface area is 120 Å². The second-order valence-corrected chi connectivity index (χ2v) is 5.16. The van der Waals surface area contributed by atoms with Gasteiger partial charge in [0.15, 0.2) is 5.16 Å². The number of rotatable bonds is 5. The van der Waals surface area contributed by atoms with Crippen LogP contribution in [0.4, 0.5) is 11.9 Å². The number of hydrogen-bond acceptors (Lipinski definition) is 7. The molecule has 2 heterocycles. The fourth-order valence-corrected chi connectivity index (χ4v) is 2.40. The highest BCUT2D eigenvalue weighted by atomic mass is 32.2. The number of anilines is 2. The number of aromatic nitrogens is 5. The summed E-state index contributed by atoms with van der Waals surface area (Å²) >= 11 is 1.27. The third-order valence-corrected chi connectivity index (χ3v) is 3.30. The average molecular weight is 293 g/mol. The molecule has 0 atom stereocenters. The number of amides is 1. The van der Waals surface area contributed by atoms with Crippen molar-refractivity contribution in [2.24, 2.45) is 0 Å². The van der Waals surface area contributed by atoms with Crippen LogP contribution in [-0.2, 0) is 4.79 Å². The maximum atomic E-state index is 11.8. The Morgan fingerprint density at radius 2 is 2.10 bits per heavy atom. The molecule has 0 fully saturated rings. The van der Waals surface area contributed by atoms with Gasteiger partial charge in [-0.15, -0.1) is 10.2 Å². The van der Waals surface area contributed by atoms with Gasteiger partial charge in [-0.05, 0) is 19.9 Å². The Hall–Kier alpha value is -2.16. The molecule has 3 N–H and O–H groups in total. The number of nitrogen functional groups attached to an aromatic ring is 1. The van der Waals surface area contributed by atoms with Crippen molar-refractivity contribution in [3.63, 3.8) is 0 Å². The lowest BCUT2D eigenvalue weighted by atomic mass is 10.4. The minimum atomic E-state index is -0.210. The van der Waals surface area contributed by atoms with E-state index in [9.17, 15) is 4.79 Å². The van der Waals surface area contributed by atoms with Gasteiger partial charge in [-0.1, -0.05) is 11.8 Å². The van der Waals surface area contributed by atoms with Crippen LogP contribution in [0.3, 0.4) is 0 Å².